The molecule has 2 aliphatic heterocycles. The highest BCUT2D eigenvalue weighted by Gasteiger charge is 2.45. The first-order valence-corrected chi connectivity index (χ1v) is 9.67. The Balaban J connectivity index is 1.75. The summed E-state index contributed by atoms with van der Waals surface area (Å²) in [6.07, 6.45) is 6.74. The van der Waals surface area contributed by atoms with Crippen molar-refractivity contribution in [3.05, 3.63) is 40.1 Å². The van der Waals surface area contributed by atoms with Gasteiger partial charge in [0.05, 0.1) is 10.7 Å². The Kier molecular flexibility index (Phi) is 4.27. The molecule has 6 heteroatoms. The lowest BCUT2D eigenvalue weighted by Gasteiger charge is -2.37. The molecule has 0 amide bonds. The molecule has 4 rings (SSSR count). The highest BCUT2D eigenvalue weighted by atomic mass is 35.5. The molecule has 0 saturated carbocycles. The lowest BCUT2D eigenvalue weighted by molar-refractivity contribution is 0.203. The van der Waals surface area contributed by atoms with Crippen LogP contribution in [0.2, 0.25) is 5.02 Å². The van der Waals surface area contributed by atoms with Crippen LogP contribution in [0.15, 0.2) is 24.4 Å². The fourth-order valence-corrected chi connectivity index (χ4v) is 5.19. The van der Waals surface area contributed by atoms with E-state index in [-0.39, 0.29) is 11.4 Å². The molecule has 3 heterocycles. The van der Waals surface area contributed by atoms with Crippen LogP contribution in [-0.2, 0) is 0 Å². The molecule has 0 N–H and O–H groups in total. The van der Waals surface area contributed by atoms with E-state index in [9.17, 15) is 4.39 Å². The summed E-state index contributed by atoms with van der Waals surface area (Å²) >= 11 is 8.06. The molecule has 2 fully saturated rings. The van der Waals surface area contributed by atoms with E-state index in [0.29, 0.717) is 5.02 Å². The van der Waals surface area contributed by atoms with Crippen LogP contribution in [0, 0.1) is 12.7 Å². The Hall–Kier alpha value is -1.17. The van der Waals surface area contributed by atoms with Crippen molar-refractivity contribution in [1.82, 2.24) is 9.88 Å². The molecule has 128 valence electrons. The van der Waals surface area contributed by atoms with Crippen molar-refractivity contribution in [1.29, 1.82) is 0 Å². The highest BCUT2D eigenvalue weighted by molar-refractivity contribution is 7.15. The van der Waals surface area contributed by atoms with Gasteiger partial charge >= 0.3 is 0 Å². The number of benzene rings is 1. The quantitative estimate of drug-likeness (QED) is 0.759. The zero-order valence-electron chi connectivity index (χ0n) is 13.8. The summed E-state index contributed by atoms with van der Waals surface area (Å²) in [7, 11) is 0. The molecule has 0 aliphatic carbocycles. The van der Waals surface area contributed by atoms with Gasteiger partial charge in [-0.25, -0.2) is 9.37 Å². The Morgan fingerprint density at radius 1 is 1.33 bits per heavy atom. The molecule has 1 aromatic heterocycles. The van der Waals surface area contributed by atoms with Gasteiger partial charge in [0.15, 0.2) is 5.13 Å². The van der Waals surface area contributed by atoms with Crippen molar-refractivity contribution >= 4 is 33.8 Å². The van der Waals surface area contributed by atoms with Gasteiger partial charge in [0.1, 0.15) is 5.82 Å². The Bertz CT molecular complexity index is 738. The van der Waals surface area contributed by atoms with Crippen LogP contribution in [-0.4, -0.2) is 35.1 Å². The highest BCUT2D eigenvalue weighted by Crippen LogP contribution is 2.43. The monoisotopic (exact) mass is 365 g/mol. The minimum absolute atomic E-state index is 0.176. The van der Waals surface area contributed by atoms with Crippen LogP contribution in [0.5, 0.6) is 0 Å². The molecule has 24 heavy (non-hydrogen) atoms. The van der Waals surface area contributed by atoms with E-state index in [1.165, 1.54) is 50.9 Å². The summed E-state index contributed by atoms with van der Waals surface area (Å²) in [5.74, 6) is -0.264. The average molecular weight is 366 g/mol. The van der Waals surface area contributed by atoms with Gasteiger partial charge in [-0.3, -0.25) is 4.90 Å². The molecule has 2 saturated heterocycles. The van der Waals surface area contributed by atoms with Gasteiger partial charge < -0.3 is 4.90 Å². The smallest absolute Gasteiger partial charge is 0.190 e. The van der Waals surface area contributed by atoms with Crippen molar-refractivity contribution in [2.75, 3.05) is 24.5 Å². The van der Waals surface area contributed by atoms with Crippen molar-refractivity contribution in [2.24, 2.45) is 0 Å². The van der Waals surface area contributed by atoms with Gasteiger partial charge in [-0.05, 0) is 63.9 Å². The predicted molar refractivity (Wildman–Crippen MR) is 98.0 cm³/mol. The van der Waals surface area contributed by atoms with E-state index in [1.54, 1.807) is 17.4 Å². The van der Waals surface area contributed by atoms with E-state index < -0.39 is 0 Å². The van der Waals surface area contributed by atoms with Crippen molar-refractivity contribution in [3.8, 4) is 0 Å². The summed E-state index contributed by atoms with van der Waals surface area (Å²) in [6.45, 7) is 5.20. The van der Waals surface area contributed by atoms with Crippen molar-refractivity contribution < 1.29 is 4.39 Å². The van der Waals surface area contributed by atoms with Crippen molar-refractivity contribution in [2.45, 2.75) is 38.1 Å². The van der Waals surface area contributed by atoms with Gasteiger partial charge in [-0.15, -0.1) is 11.3 Å². The number of anilines is 2. The van der Waals surface area contributed by atoms with E-state index in [1.807, 2.05) is 13.1 Å². The molecular weight excluding hydrogens is 345 g/mol. The van der Waals surface area contributed by atoms with Gasteiger partial charge in [0.25, 0.3) is 0 Å². The SMILES string of the molecule is Cc1cnc(N(CC23CCCN2CCC3)c2cc(F)ccc2Cl)s1. The third-order valence-corrected chi connectivity index (χ3v) is 6.56. The summed E-state index contributed by atoms with van der Waals surface area (Å²) in [4.78, 5) is 10.4. The number of fused-ring (bicyclic) bond motifs is 1. The molecule has 3 nitrogen and oxygen atoms in total. The average Bonchev–Trinajstić information content (AvgIpc) is 3.23. The number of thiazole rings is 1. The number of aryl methyl sites for hydroxylation is 1. The maximum Gasteiger partial charge on any atom is 0.190 e. The Morgan fingerprint density at radius 2 is 2.08 bits per heavy atom. The molecular formula is C18H21ClFN3S. The van der Waals surface area contributed by atoms with E-state index in [4.69, 9.17) is 11.6 Å². The first-order chi connectivity index (χ1) is 11.6. The van der Waals surface area contributed by atoms with Gasteiger partial charge in [-0.1, -0.05) is 11.6 Å². The van der Waals surface area contributed by atoms with Crippen LogP contribution in [0.1, 0.15) is 30.6 Å². The van der Waals surface area contributed by atoms with Gasteiger partial charge in [-0.2, -0.15) is 0 Å². The minimum atomic E-state index is -0.264. The molecule has 0 spiro atoms. The molecule has 0 atom stereocenters. The summed E-state index contributed by atoms with van der Waals surface area (Å²) in [5, 5.41) is 1.47. The van der Waals surface area contributed by atoms with Crippen LogP contribution < -0.4 is 4.90 Å². The third kappa shape index (κ3) is 2.83. The molecule has 0 radical (unpaired) electrons. The maximum atomic E-state index is 13.9. The second-order valence-electron chi connectivity index (χ2n) is 6.85. The van der Waals surface area contributed by atoms with Gasteiger partial charge in [0, 0.05) is 23.2 Å². The summed E-state index contributed by atoms with van der Waals surface area (Å²) < 4.78 is 13.9. The lowest BCUT2D eigenvalue weighted by Crippen LogP contribution is -2.47. The number of hydrogen-bond donors (Lipinski definition) is 0. The Labute approximate surface area is 151 Å². The van der Waals surface area contributed by atoms with Crippen molar-refractivity contribution in [3.63, 3.8) is 0 Å². The predicted octanol–water partition coefficient (Wildman–Crippen LogP) is 5.01. The van der Waals surface area contributed by atoms with E-state index in [2.05, 4.69) is 14.8 Å². The third-order valence-electron chi connectivity index (χ3n) is 5.30. The summed E-state index contributed by atoms with van der Waals surface area (Å²) in [5.41, 5.74) is 0.897. The standard InChI is InChI=1S/C18H21ClFN3S/c1-13-11-21-17(24-13)23(16-10-14(20)4-5-15(16)19)12-18-6-2-8-22(18)9-3-7-18/h4-5,10-11H,2-3,6-9,12H2,1H3. The number of rotatable bonds is 4. The molecule has 0 bridgehead atoms. The first-order valence-electron chi connectivity index (χ1n) is 8.47. The maximum absolute atomic E-state index is 13.9. The largest absolute Gasteiger partial charge is 0.314 e. The second-order valence-corrected chi connectivity index (χ2v) is 8.47. The van der Waals surface area contributed by atoms with Crippen LogP contribution in [0.4, 0.5) is 15.2 Å². The molecule has 1 aromatic carbocycles. The Morgan fingerprint density at radius 3 is 2.75 bits per heavy atom. The zero-order chi connectivity index (χ0) is 16.7. The minimum Gasteiger partial charge on any atom is -0.314 e. The van der Waals surface area contributed by atoms with Crippen LogP contribution >= 0.6 is 22.9 Å². The fourth-order valence-electron chi connectivity index (χ4n) is 4.19. The number of hydrogen-bond acceptors (Lipinski definition) is 4. The van der Waals surface area contributed by atoms with Crippen LogP contribution in [0.3, 0.4) is 0 Å². The van der Waals surface area contributed by atoms with E-state index >= 15 is 0 Å². The van der Waals surface area contributed by atoms with Gasteiger partial charge in [0.2, 0.25) is 0 Å². The topological polar surface area (TPSA) is 19.4 Å². The number of halogens is 2. The van der Waals surface area contributed by atoms with Crippen LogP contribution in [0.25, 0.3) is 0 Å². The molecule has 2 aromatic rings. The first kappa shape index (κ1) is 16.3. The molecule has 0 unspecified atom stereocenters. The lowest BCUT2D eigenvalue weighted by atomic mass is 9.93. The number of aromatic nitrogens is 1. The fraction of sp³-hybridized carbons (Fsp3) is 0.500. The van der Waals surface area contributed by atoms with E-state index in [0.717, 1.165) is 22.2 Å². The molecule has 2 aliphatic rings. The normalized spacial score (nSPS) is 19.6. The summed E-state index contributed by atoms with van der Waals surface area (Å²) in [6, 6.07) is 4.58. The second kappa shape index (κ2) is 6.28. The zero-order valence-corrected chi connectivity index (χ0v) is 15.3. The number of nitrogens with zero attached hydrogens (tertiary/aromatic N) is 3.